The van der Waals surface area contributed by atoms with E-state index in [-0.39, 0.29) is 6.04 Å². The van der Waals surface area contributed by atoms with Gasteiger partial charge < -0.3 is 26.8 Å². The lowest BCUT2D eigenvalue weighted by Gasteiger charge is -2.17. The first kappa shape index (κ1) is 14.2. The third-order valence-corrected chi connectivity index (χ3v) is 1.98. The van der Waals surface area contributed by atoms with E-state index in [0.29, 0.717) is 26.2 Å². The Bertz CT molecular complexity index is 166. The molecule has 6 nitrogen and oxygen atoms in total. The highest BCUT2D eigenvalue weighted by atomic mass is 16.5. The molecule has 1 unspecified atom stereocenters. The summed E-state index contributed by atoms with van der Waals surface area (Å²) < 4.78 is 5.06. The number of hydrogen-bond donors (Lipinski definition) is 4. The maximum Gasteiger partial charge on any atom is 0.312 e. The fourth-order valence-corrected chi connectivity index (χ4v) is 1.27. The highest BCUT2D eigenvalue weighted by Crippen LogP contribution is 1.95. The summed E-state index contributed by atoms with van der Waals surface area (Å²) in [6, 6.07) is -0.213. The van der Waals surface area contributed by atoms with Crippen molar-refractivity contribution in [1.82, 2.24) is 10.6 Å². The molecule has 15 heavy (non-hydrogen) atoms. The number of carbonyl (C=O) groups is 1. The lowest BCUT2D eigenvalue weighted by molar-refractivity contribution is 0.162. The monoisotopic (exact) mass is 218 g/mol. The van der Waals surface area contributed by atoms with Crippen LogP contribution in [0, 0.1) is 0 Å². The number of carbonyl (C=O) groups excluding carboxylic acids is 1. The number of nitrogens with two attached hydrogens (primary N) is 2. The zero-order chi connectivity index (χ0) is 11.5. The Hall–Kier alpha value is -0.850. The zero-order valence-electron chi connectivity index (χ0n) is 9.29. The third kappa shape index (κ3) is 9.45. The Morgan fingerprint density at radius 1 is 1.47 bits per heavy atom. The summed E-state index contributed by atoms with van der Waals surface area (Å²) in [5.74, 6) is 0. The van der Waals surface area contributed by atoms with Crippen LogP contribution in [0.5, 0.6) is 0 Å². The molecule has 0 aromatic rings. The van der Waals surface area contributed by atoms with Crippen LogP contribution in [0.2, 0.25) is 0 Å². The van der Waals surface area contributed by atoms with Crippen LogP contribution in [0.3, 0.4) is 0 Å². The summed E-state index contributed by atoms with van der Waals surface area (Å²) in [6.45, 7) is 2.54. The average Bonchev–Trinajstić information content (AvgIpc) is 2.20. The van der Waals surface area contributed by atoms with Gasteiger partial charge in [-0.1, -0.05) is 0 Å². The van der Waals surface area contributed by atoms with Gasteiger partial charge in [-0.15, -0.1) is 0 Å². The average molecular weight is 218 g/mol. The van der Waals surface area contributed by atoms with Gasteiger partial charge in [-0.05, 0) is 19.4 Å². The Kier molecular flexibility index (Phi) is 9.15. The molecule has 0 aromatic carbocycles. The Labute approximate surface area is 90.7 Å². The van der Waals surface area contributed by atoms with Crippen LogP contribution >= 0.6 is 0 Å². The van der Waals surface area contributed by atoms with Gasteiger partial charge in [0.25, 0.3) is 0 Å². The Balaban J connectivity index is 3.51. The van der Waals surface area contributed by atoms with Gasteiger partial charge in [-0.25, -0.2) is 4.79 Å². The minimum atomic E-state index is -0.498. The molecular formula is C9H22N4O2. The van der Waals surface area contributed by atoms with E-state index in [1.807, 2.05) is 0 Å². The van der Waals surface area contributed by atoms with Gasteiger partial charge in [-0.2, -0.15) is 0 Å². The number of amides is 2. The first-order valence-electron chi connectivity index (χ1n) is 5.16. The predicted octanol–water partition coefficient (Wildman–Crippen LogP) is -1.00. The number of hydrogen-bond acceptors (Lipinski definition) is 4. The van der Waals surface area contributed by atoms with Crippen LogP contribution in [0.25, 0.3) is 0 Å². The molecule has 6 heteroatoms. The summed E-state index contributed by atoms with van der Waals surface area (Å²) in [5.41, 5.74) is 10.4. The van der Waals surface area contributed by atoms with E-state index in [4.69, 9.17) is 16.2 Å². The number of urea groups is 1. The number of methoxy groups -OCH3 is 1. The number of primary amides is 1. The first-order chi connectivity index (χ1) is 7.20. The second-order valence-electron chi connectivity index (χ2n) is 3.33. The van der Waals surface area contributed by atoms with Crippen molar-refractivity contribution in [3.63, 3.8) is 0 Å². The standard InChI is InChI=1S/C9H22N4O2/c1-15-7-8(3-2-4-10)12-5-6-13-9(11)14/h8,12H,2-7,10H2,1H3,(H3,11,13,14). The predicted molar refractivity (Wildman–Crippen MR) is 59.5 cm³/mol. The van der Waals surface area contributed by atoms with Crippen molar-refractivity contribution in [3.8, 4) is 0 Å². The summed E-state index contributed by atoms with van der Waals surface area (Å²) in [6.07, 6.45) is 1.94. The highest BCUT2D eigenvalue weighted by molar-refractivity contribution is 5.71. The van der Waals surface area contributed by atoms with Crippen LogP contribution in [-0.4, -0.2) is 45.4 Å². The molecule has 0 rings (SSSR count). The summed E-state index contributed by atoms with van der Waals surface area (Å²) in [5, 5.41) is 5.77. The molecule has 0 spiro atoms. The zero-order valence-corrected chi connectivity index (χ0v) is 9.29. The molecule has 0 aliphatic heterocycles. The van der Waals surface area contributed by atoms with E-state index >= 15 is 0 Å². The molecular weight excluding hydrogens is 196 g/mol. The molecule has 1 atom stereocenters. The second kappa shape index (κ2) is 9.70. The summed E-state index contributed by atoms with van der Waals surface area (Å²) >= 11 is 0. The van der Waals surface area contributed by atoms with Crippen molar-refractivity contribution >= 4 is 6.03 Å². The fourth-order valence-electron chi connectivity index (χ4n) is 1.27. The van der Waals surface area contributed by atoms with Gasteiger partial charge in [0.2, 0.25) is 0 Å². The summed E-state index contributed by atoms with van der Waals surface area (Å²) in [4.78, 5) is 10.4. The molecule has 0 aromatic heterocycles. The molecule has 0 saturated carbocycles. The van der Waals surface area contributed by atoms with Crippen molar-refractivity contribution in [3.05, 3.63) is 0 Å². The minimum Gasteiger partial charge on any atom is -0.383 e. The lowest BCUT2D eigenvalue weighted by atomic mass is 10.1. The van der Waals surface area contributed by atoms with E-state index in [9.17, 15) is 4.79 Å². The molecule has 90 valence electrons. The van der Waals surface area contributed by atoms with Gasteiger partial charge in [0, 0.05) is 26.2 Å². The van der Waals surface area contributed by atoms with Crippen LogP contribution in [0.15, 0.2) is 0 Å². The van der Waals surface area contributed by atoms with Crippen molar-refractivity contribution in [1.29, 1.82) is 0 Å². The third-order valence-electron chi connectivity index (χ3n) is 1.98. The Morgan fingerprint density at radius 2 is 2.20 bits per heavy atom. The summed E-state index contributed by atoms with van der Waals surface area (Å²) in [7, 11) is 1.67. The van der Waals surface area contributed by atoms with Gasteiger partial charge in [-0.3, -0.25) is 0 Å². The van der Waals surface area contributed by atoms with Crippen molar-refractivity contribution in [2.75, 3.05) is 33.4 Å². The topological polar surface area (TPSA) is 102 Å². The smallest absolute Gasteiger partial charge is 0.312 e. The van der Waals surface area contributed by atoms with E-state index in [1.165, 1.54) is 0 Å². The van der Waals surface area contributed by atoms with E-state index in [0.717, 1.165) is 12.8 Å². The molecule has 0 aliphatic rings. The molecule has 6 N–H and O–H groups in total. The maximum absolute atomic E-state index is 10.4. The van der Waals surface area contributed by atoms with Crippen molar-refractivity contribution < 1.29 is 9.53 Å². The highest BCUT2D eigenvalue weighted by Gasteiger charge is 2.06. The minimum absolute atomic E-state index is 0.285. The van der Waals surface area contributed by atoms with Crippen LogP contribution in [0.1, 0.15) is 12.8 Å². The molecule has 0 bridgehead atoms. The Morgan fingerprint density at radius 3 is 2.73 bits per heavy atom. The SMILES string of the molecule is COCC(CCCN)NCCNC(N)=O. The normalized spacial score (nSPS) is 12.4. The second-order valence-corrected chi connectivity index (χ2v) is 3.33. The molecule has 0 saturated heterocycles. The van der Waals surface area contributed by atoms with Crippen molar-refractivity contribution in [2.45, 2.75) is 18.9 Å². The number of nitrogens with one attached hydrogen (secondary N) is 2. The van der Waals surface area contributed by atoms with E-state index in [1.54, 1.807) is 7.11 Å². The van der Waals surface area contributed by atoms with Crippen LogP contribution in [0.4, 0.5) is 4.79 Å². The molecule has 0 aliphatic carbocycles. The van der Waals surface area contributed by atoms with Gasteiger partial charge in [0.05, 0.1) is 6.61 Å². The van der Waals surface area contributed by atoms with Gasteiger partial charge >= 0.3 is 6.03 Å². The molecule has 0 fully saturated rings. The first-order valence-corrected chi connectivity index (χ1v) is 5.16. The number of rotatable bonds is 9. The number of ether oxygens (including phenoxy) is 1. The fraction of sp³-hybridized carbons (Fsp3) is 0.889. The van der Waals surface area contributed by atoms with Gasteiger partial charge in [0.1, 0.15) is 0 Å². The van der Waals surface area contributed by atoms with E-state index < -0.39 is 6.03 Å². The van der Waals surface area contributed by atoms with Crippen LogP contribution < -0.4 is 22.1 Å². The maximum atomic E-state index is 10.4. The molecule has 0 heterocycles. The van der Waals surface area contributed by atoms with Gasteiger partial charge in [0.15, 0.2) is 0 Å². The molecule has 0 radical (unpaired) electrons. The largest absolute Gasteiger partial charge is 0.383 e. The lowest BCUT2D eigenvalue weighted by Crippen LogP contribution is -2.40. The van der Waals surface area contributed by atoms with Crippen LogP contribution in [-0.2, 0) is 4.74 Å². The molecule has 2 amide bonds. The van der Waals surface area contributed by atoms with Crippen molar-refractivity contribution in [2.24, 2.45) is 11.5 Å². The van der Waals surface area contributed by atoms with E-state index in [2.05, 4.69) is 10.6 Å². The quantitative estimate of drug-likeness (QED) is 0.373.